The van der Waals surface area contributed by atoms with E-state index in [-0.39, 0.29) is 12.6 Å². The van der Waals surface area contributed by atoms with Crippen molar-refractivity contribution in [3.8, 4) is 5.75 Å². The fourth-order valence-corrected chi connectivity index (χ4v) is 5.17. The average molecular weight is 540 g/mol. The van der Waals surface area contributed by atoms with Crippen LogP contribution in [0, 0.1) is 0 Å². The lowest BCUT2D eigenvalue weighted by Crippen LogP contribution is -2.50. The van der Waals surface area contributed by atoms with Crippen molar-refractivity contribution in [2.75, 3.05) is 46.4 Å². The van der Waals surface area contributed by atoms with Crippen molar-refractivity contribution in [1.29, 1.82) is 0 Å². The van der Waals surface area contributed by atoms with Gasteiger partial charge in [-0.25, -0.2) is 0 Å². The van der Waals surface area contributed by atoms with Crippen molar-refractivity contribution in [3.63, 3.8) is 0 Å². The minimum atomic E-state index is -0.589. The monoisotopic (exact) mass is 539 g/mol. The first kappa shape index (κ1) is 27.8. The number of aliphatic hydroxyl groups excluding tert-OH is 1. The summed E-state index contributed by atoms with van der Waals surface area (Å²) in [5.41, 5.74) is 4.26. The number of ether oxygens (including phenoxy) is 2. The summed E-state index contributed by atoms with van der Waals surface area (Å²) < 4.78 is 16.5. The van der Waals surface area contributed by atoms with Crippen LogP contribution in [0.5, 0.6) is 5.75 Å². The van der Waals surface area contributed by atoms with Gasteiger partial charge >= 0.3 is 0 Å². The third-order valence-corrected chi connectivity index (χ3v) is 7.12. The quantitative estimate of drug-likeness (QED) is 0.267. The normalized spacial score (nSPS) is 15.6. The van der Waals surface area contributed by atoms with Gasteiger partial charge in [0.1, 0.15) is 24.2 Å². The lowest BCUT2D eigenvalue weighted by atomic mass is 9.96. The number of rotatable bonds is 12. The lowest BCUT2D eigenvalue weighted by Gasteiger charge is -2.40. The van der Waals surface area contributed by atoms with E-state index in [9.17, 15) is 5.11 Å². The standard InChI is InChI=1S/C33H37N3O4/c1-38-24-29-22-31(40-34-29)17-16-26-10-8-9-15-32(26)39-25-30(37)23-35-18-20-36(21-19-35)33(27-11-4-2-5-12-27)28-13-6-3-7-14-28/h2-17,22,30,33,37H,18-21,23-25H2,1H3/b17-16-. The molecule has 0 amide bonds. The first-order chi connectivity index (χ1) is 19.7. The molecule has 1 aliphatic rings. The van der Waals surface area contributed by atoms with Gasteiger partial charge in [-0.3, -0.25) is 9.80 Å². The third kappa shape index (κ3) is 7.46. The van der Waals surface area contributed by atoms with Crippen molar-refractivity contribution in [3.05, 3.63) is 119 Å². The molecule has 1 atom stereocenters. The number of aromatic nitrogens is 1. The van der Waals surface area contributed by atoms with Crippen molar-refractivity contribution in [1.82, 2.24) is 15.0 Å². The molecule has 1 aliphatic heterocycles. The van der Waals surface area contributed by atoms with Gasteiger partial charge in [0.05, 0.1) is 12.6 Å². The van der Waals surface area contributed by atoms with Crippen LogP contribution in [0.25, 0.3) is 12.2 Å². The highest BCUT2D eigenvalue weighted by Gasteiger charge is 2.27. The number of hydrogen-bond donors (Lipinski definition) is 1. The van der Waals surface area contributed by atoms with Crippen LogP contribution in [0.15, 0.2) is 95.5 Å². The molecule has 5 rings (SSSR count). The Morgan fingerprint density at radius 1 is 0.875 bits per heavy atom. The number of nitrogens with zero attached hydrogens (tertiary/aromatic N) is 3. The van der Waals surface area contributed by atoms with E-state index < -0.39 is 6.10 Å². The maximum absolute atomic E-state index is 10.8. The van der Waals surface area contributed by atoms with E-state index in [0.29, 0.717) is 24.7 Å². The summed E-state index contributed by atoms with van der Waals surface area (Å²) in [5.74, 6) is 1.36. The van der Waals surface area contributed by atoms with Crippen LogP contribution in [0.1, 0.15) is 34.2 Å². The van der Waals surface area contributed by atoms with E-state index >= 15 is 0 Å². The van der Waals surface area contributed by atoms with Gasteiger partial charge in [0.2, 0.25) is 0 Å². The molecule has 1 N–H and O–H groups in total. The smallest absolute Gasteiger partial charge is 0.160 e. The van der Waals surface area contributed by atoms with Crippen LogP contribution >= 0.6 is 0 Å². The zero-order chi connectivity index (χ0) is 27.6. The molecule has 1 fully saturated rings. The van der Waals surface area contributed by atoms with Gasteiger partial charge in [0.15, 0.2) is 5.76 Å². The Kier molecular flexibility index (Phi) is 9.77. The van der Waals surface area contributed by atoms with Gasteiger partial charge in [0.25, 0.3) is 0 Å². The van der Waals surface area contributed by atoms with Gasteiger partial charge < -0.3 is 19.1 Å². The molecule has 208 valence electrons. The molecule has 0 bridgehead atoms. The summed E-state index contributed by atoms with van der Waals surface area (Å²) >= 11 is 0. The first-order valence-electron chi connectivity index (χ1n) is 13.8. The van der Waals surface area contributed by atoms with Crippen LogP contribution in [0.4, 0.5) is 0 Å². The molecular formula is C33H37N3O4. The average Bonchev–Trinajstić information content (AvgIpc) is 3.45. The van der Waals surface area contributed by atoms with E-state index in [4.69, 9.17) is 14.0 Å². The van der Waals surface area contributed by atoms with E-state index in [0.717, 1.165) is 37.4 Å². The molecule has 0 saturated carbocycles. The number of aliphatic hydroxyl groups is 1. The summed E-state index contributed by atoms with van der Waals surface area (Å²) in [7, 11) is 1.62. The zero-order valence-corrected chi connectivity index (χ0v) is 22.9. The van der Waals surface area contributed by atoms with Crippen molar-refractivity contribution >= 4 is 12.2 Å². The largest absolute Gasteiger partial charge is 0.490 e. The summed E-state index contributed by atoms with van der Waals surface area (Å²) in [6.45, 7) is 4.87. The van der Waals surface area contributed by atoms with E-state index in [1.165, 1.54) is 11.1 Å². The summed E-state index contributed by atoms with van der Waals surface area (Å²) in [6.07, 6.45) is 3.18. The summed E-state index contributed by atoms with van der Waals surface area (Å²) in [4.78, 5) is 4.87. The minimum absolute atomic E-state index is 0.224. The van der Waals surface area contributed by atoms with Crippen LogP contribution in [-0.2, 0) is 11.3 Å². The molecule has 1 aromatic heterocycles. The van der Waals surface area contributed by atoms with Gasteiger partial charge in [-0.2, -0.15) is 0 Å². The maximum atomic E-state index is 10.8. The number of para-hydroxylation sites is 1. The van der Waals surface area contributed by atoms with Gasteiger partial charge in [-0.15, -0.1) is 0 Å². The van der Waals surface area contributed by atoms with Crippen molar-refractivity contribution in [2.24, 2.45) is 0 Å². The van der Waals surface area contributed by atoms with Crippen LogP contribution in [0.3, 0.4) is 0 Å². The Bertz CT molecular complexity index is 1290. The number of piperazine rings is 1. The SMILES string of the molecule is COCc1cc(/C=C\c2ccccc2OCC(O)CN2CCN(C(c3ccccc3)c3ccccc3)CC2)on1. The Morgan fingerprint density at radius 2 is 1.52 bits per heavy atom. The molecule has 1 unspecified atom stereocenters. The zero-order valence-electron chi connectivity index (χ0n) is 22.9. The molecule has 0 aliphatic carbocycles. The van der Waals surface area contributed by atoms with Crippen molar-refractivity contribution < 1.29 is 19.1 Å². The second-order valence-electron chi connectivity index (χ2n) is 10.1. The Balaban J connectivity index is 1.13. The van der Waals surface area contributed by atoms with Crippen LogP contribution in [0.2, 0.25) is 0 Å². The first-order valence-corrected chi connectivity index (χ1v) is 13.8. The van der Waals surface area contributed by atoms with Crippen LogP contribution < -0.4 is 4.74 Å². The highest BCUT2D eigenvalue weighted by atomic mass is 16.5. The molecule has 0 spiro atoms. The second-order valence-corrected chi connectivity index (χ2v) is 10.1. The van der Waals surface area contributed by atoms with E-state index in [1.54, 1.807) is 7.11 Å². The predicted octanol–water partition coefficient (Wildman–Crippen LogP) is 5.14. The fourth-order valence-electron chi connectivity index (χ4n) is 5.17. The Labute approximate surface area is 236 Å². The molecule has 1 saturated heterocycles. The maximum Gasteiger partial charge on any atom is 0.160 e. The highest BCUT2D eigenvalue weighted by molar-refractivity contribution is 5.70. The molecule has 0 radical (unpaired) electrons. The molecule has 7 nitrogen and oxygen atoms in total. The fraction of sp³-hybridized carbons (Fsp3) is 0.303. The summed E-state index contributed by atoms with van der Waals surface area (Å²) in [5, 5.41) is 14.8. The minimum Gasteiger partial charge on any atom is -0.490 e. The molecular weight excluding hydrogens is 502 g/mol. The van der Waals surface area contributed by atoms with Crippen LogP contribution in [-0.4, -0.2) is 72.6 Å². The Morgan fingerprint density at radius 3 is 2.20 bits per heavy atom. The molecule has 7 heteroatoms. The van der Waals surface area contributed by atoms with Crippen molar-refractivity contribution in [2.45, 2.75) is 18.8 Å². The molecule has 3 aromatic carbocycles. The van der Waals surface area contributed by atoms with E-state index in [2.05, 4.69) is 75.6 Å². The van der Waals surface area contributed by atoms with Gasteiger partial charge in [-0.1, -0.05) is 84.0 Å². The molecule has 4 aromatic rings. The number of hydrogen-bond acceptors (Lipinski definition) is 7. The number of benzene rings is 3. The lowest BCUT2D eigenvalue weighted by molar-refractivity contribution is 0.0400. The number of methoxy groups -OCH3 is 1. The third-order valence-electron chi connectivity index (χ3n) is 7.12. The van der Waals surface area contributed by atoms with Gasteiger partial charge in [-0.05, 0) is 29.3 Å². The summed E-state index contributed by atoms with van der Waals surface area (Å²) in [6, 6.07) is 31.3. The van der Waals surface area contributed by atoms with Gasteiger partial charge in [0, 0.05) is 51.5 Å². The molecule has 40 heavy (non-hydrogen) atoms. The number of β-amino-alcohol motifs (C(OH)–C–C–N with tert-alkyl or cyclic N) is 1. The predicted molar refractivity (Wildman–Crippen MR) is 157 cm³/mol. The molecule has 2 heterocycles. The van der Waals surface area contributed by atoms with E-state index in [1.807, 2.05) is 42.5 Å². The second kappa shape index (κ2) is 14.1. The highest BCUT2D eigenvalue weighted by Crippen LogP contribution is 2.29. The Hall–Kier alpha value is -3.75. The topological polar surface area (TPSA) is 71.2 Å².